The van der Waals surface area contributed by atoms with Crippen LogP contribution in [-0.2, 0) is 11.3 Å². The van der Waals surface area contributed by atoms with Gasteiger partial charge >= 0.3 is 0 Å². The summed E-state index contributed by atoms with van der Waals surface area (Å²) in [5.41, 5.74) is 1.98. The Morgan fingerprint density at radius 1 is 1.00 bits per heavy atom. The lowest BCUT2D eigenvalue weighted by atomic mass is 10.0. The fourth-order valence-electron chi connectivity index (χ4n) is 4.16. The molecule has 0 aliphatic carbocycles. The Morgan fingerprint density at radius 3 is 2.44 bits per heavy atom. The number of nitrogens with one attached hydrogen (secondary N) is 2. The summed E-state index contributed by atoms with van der Waals surface area (Å²) in [7, 11) is 1.50. The van der Waals surface area contributed by atoms with Crippen LogP contribution >= 0.6 is 0 Å². The van der Waals surface area contributed by atoms with Gasteiger partial charge in [0.25, 0.3) is 5.91 Å². The number of hydrogen-bond donors (Lipinski definition) is 4. The third-order valence-electron chi connectivity index (χ3n) is 6.23. The van der Waals surface area contributed by atoms with Gasteiger partial charge in [-0.2, -0.15) is 0 Å². The number of phenols is 2. The lowest BCUT2D eigenvalue weighted by molar-refractivity contribution is 0.0135. The number of phenolic OH excluding ortho intramolecular Hbond substituents is 2. The molecule has 0 aromatic heterocycles. The molecule has 4 N–H and O–H groups in total. The SMILES string of the molecule is COc1ccc(O)c(C(=O)c2ccc(CO[C@@H]3CCCNC[C@H]3NC(=O)c3ccc(O)cc3)cc2)c1. The maximum Gasteiger partial charge on any atom is 0.251 e. The Kier molecular flexibility index (Phi) is 8.20. The van der Waals surface area contributed by atoms with E-state index in [0.717, 1.165) is 24.9 Å². The normalized spacial score (nSPS) is 17.7. The zero-order valence-corrected chi connectivity index (χ0v) is 20.1. The molecular weight excluding hydrogens is 460 g/mol. The van der Waals surface area contributed by atoms with E-state index < -0.39 is 0 Å². The van der Waals surface area contributed by atoms with Crippen molar-refractivity contribution in [2.75, 3.05) is 20.2 Å². The second-order valence-electron chi connectivity index (χ2n) is 8.73. The van der Waals surface area contributed by atoms with E-state index in [9.17, 15) is 19.8 Å². The summed E-state index contributed by atoms with van der Waals surface area (Å²) in [4.78, 5) is 25.6. The monoisotopic (exact) mass is 490 g/mol. The van der Waals surface area contributed by atoms with Gasteiger partial charge in [-0.3, -0.25) is 9.59 Å². The van der Waals surface area contributed by atoms with Gasteiger partial charge in [-0.05, 0) is 67.4 Å². The van der Waals surface area contributed by atoms with Crippen molar-refractivity contribution in [3.05, 3.63) is 89.0 Å². The first-order chi connectivity index (χ1) is 17.4. The minimum absolute atomic E-state index is 0.101. The molecule has 2 atom stereocenters. The van der Waals surface area contributed by atoms with Crippen LogP contribution in [0.5, 0.6) is 17.2 Å². The van der Waals surface area contributed by atoms with Gasteiger partial charge in [0, 0.05) is 17.7 Å². The first kappa shape index (κ1) is 25.2. The summed E-state index contributed by atoms with van der Waals surface area (Å²) in [6, 6.07) is 17.5. The molecule has 36 heavy (non-hydrogen) atoms. The maximum absolute atomic E-state index is 12.9. The molecule has 0 unspecified atom stereocenters. The molecule has 8 heteroatoms. The van der Waals surface area contributed by atoms with Crippen molar-refractivity contribution in [2.45, 2.75) is 31.6 Å². The van der Waals surface area contributed by atoms with Crippen molar-refractivity contribution in [3.63, 3.8) is 0 Å². The van der Waals surface area contributed by atoms with Crippen molar-refractivity contribution in [2.24, 2.45) is 0 Å². The number of carbonyl (C=O) groups is 2. The molecule has 8 nitrogen and oxygen atoms in total. The van der Waals surface area contributed by atoms with Crippen LogP contribution in [0, 0.1) is 0 Å². The summed E-state index contributed by atoms with van der Waals surface area (Å²) in [6.07, 6.45) is 1.53. The van der Waals surface area contributed by atoms with E-state index in [1.807, 2.05) is 12.1 Å². The molecule has 1 fully saturated rings. The molecule has 188 valence electrons. The van der Waals surface area contributed by atoms with E-state index in [4.69, 9.17) is 9.47 Å². The van der Waals surface area contributed by atoms with Crippen LogP contribution < -0.4 is 15.4 Å². The van der Waals surface area contributed by atoms with Gasteiger partial charge in [-0.25, -0.2) is 0 Å². The predicted molar refractivity (Wildman–Crippen MR) is 135 cm³/mol. The third-order valence-corrected chi connectivity index (χ3v) is 6.23. The summed E-state index contributed by atoms with van der Waals surface area (Å²) in [5, 5.41) is 25.9. The van der Waals surface area contributed by atoms with Gasteiger partial charge in [-0.15, -0.1) is 0 Å². The number of methoxy groups -OCH3 is 1. The van der Waals surface area contributed by atoms with Crippen LogP contribution in [0.1, 0.15) is 44.7 Å². The minimum Gasteiger partial charge on any atom is -0.508 e. The minimum atomic E-state index is -0.300. The molecule has 3 aromatic rings. The highest BCUT2D eigenvalue weighted by Gasteiger charge is 2.26. The summed E-state index contributed by atoms with van der Waals surface area (Å²) >= 11 is 0. The average molecular weight is 491 g/mol. The van der Waals surface area contributed by atoms with Gasteiger partial charge in [-0.1, -0.05) is 24.3 Å². The highest BCUT2D eigenvalue weighted by molar-refractivity contribution is 6.10. The van der Waals surface area contributed by atoms with Crippen LogP contribution in [0.15, 0.2) is 66.7 Å². The highest BCUT2D eigenvalue weighted by atomic mass is 16.5. The number of aromatic hydroxyl groups is 2. The first-order valence-electron chi connectivity index (χ1n) is 11.9. The topological polar surface area (TPSA) is 117 Å². The number of hydrogen-bond acceptors (Lipinski definition) is 7. The molecule has 1 amide bonds. The van der Waals surface area contributed by atoms with Crippen LogP contribution in [-0.4, -0.2) is 54.2 Å². The van der Waals surface area contributed by atoms with E-state index in [1.54, 1.807) is 30.3 Å². The Labute approximate surface area is 209 Å². The van der Waals surface area contributed by atoms with Crippen molar-refractivity contribution < 1.29 is 29.3 Å². The van der Waals surface area contributed by atoms with E-state index >= 15 is 0 Å². The summed E-state index contributed by atoms with van der Waals surface area (Å²) in [6.45, 7) is 1.76. The number of carbonyl (C=O) groups excluding carboxylic acids is 2. The van der Waals surface area contributed by atoms with Gasteiger partial charge in [0.1, 0.15) is 17.2 Å². The molecule has 3 aromatic carbocycles. The zero-order chi connectivity index (χ0) is 25.5. The second-order valence-corrected chi connectivity index (χ2v) is 8.73. The van der Waals surface area contributed by atoms with Gasteiger partial charge in [0.15, 0.2) is 5.78 Å². The Balaban J connectivity index is 1.39. The predicted octanol–water partition coefficient (Wildman–Crippen LogP) is 3.40. The van der Waals surface area contributed by atoms with E-state index in [0.29, 0.717) is 30.0 Å². The molecule has 0 radical (unpaired) electrons. The quantitative estimate of drug-likeness (QED) is 0.358. The molecule has 0 spiro atoms. The number of rotatable bonds is 8. The lowest BCUT2D eigenvalue weighted by Crippen LogP contribution is -2.48. The summed E-state index contributed by atoms with van der Waals surface area (Å²) < 4.78 is 11.4. The molecule has 4 rings (SSSR count). The van der Waals surface area contributed by atoms with Gasteiger partial charge < -0.3 is 30.3 Å². The second kappa shape index (κ2) is 11.7. The molecule has 1 aliphatic rings. The Morgan fingerprint density at radius 2 is 1.72 bits per heavy atom. The fourth-order valence-corrected chi connectivity index (χ4v) is 4.16. The Hall–Kier alpha value is -3.88. The molecule has 1 aliphatic heterocycles. The smallest absolute Gasteiger partial charge is 0.251 e. The van der Waals surface area contributed by atoms with Gasteiger partial charge in [0.2, 0.25) is 0 Å². The zero-order valence-electron chi connectivity index (χ0n) is 20.1. The van der Waals surface area contributed by atoms with Crippen LogP contribution in [0.4, 0.5) is 0 Å². The van der Waals surface area contributed by atoms with Crippen molar-refractivity contribution in [3.8, 4) is 17.2 Å². The van der Waals surface area contributed by atoms with E-state index in [2.05, 4.69) is 10.6 Å². The molecular formula is C28H30N2O6. The third kappa shape index (κ3) is 6.21. The van der Waals surface area contributed by atoms with Crippen molar-refractivity contribution >= 4 is 11.7 Å². The molecule has 1 heterocycles. The maximum atomic E-state index is 12.9. The molecule has 0 bridgehead atoms. The van der Waals surface area contributed by atoms with E-state index in [1.165, 1.54) is 31.4 Å². The largest absolute Gasteiger partial charge is 0.508 e. The number of amides is 1. The standard InChI is InChI=1S/C28H30N2O6/c1-35-22-12-13-25(32)23(15-22)27(33)19-6-4-18(5-7-19)17-36-26-3-2-14-29-16-24(26)30-28(34)20-8-10-21(31)11-9-20/h4-13,15,24,26,29,31-32H,2-3,14,16-17H2,1H3,(H,30,34)/t24-,26-/m1/s1. The molecule has 1 saturated heterocycles. The number of benzene rings is 3. The molecule has 0 saturated carbocycles. The number of ketones is 1. The average Bonchev–Trinajstić information content (AvgIpc) is 3.13. The Bertz CT molecular complexity index is 1190. The highest BCUT2D eigenvalue weighted by Crippen LogP contribution is 2.26. The van der Waals surface area contributed by atoms with Crippen LogP contribution in [0.2, 0.25) is 0 Å². The van der Waals surface area contributed by atoms with Gasteiger partial charge in [0.05, 0.1) is 31.4 Å². The van der Waals surface area contributed by atoms with Crippen LogP contribution in [0.3, 0.4) is 0 Å². The van der Waals surface area contributed by atoms with Crippen LogP contribution in [0.25, 0.3) is 0 Å². The number of ether oxygens (including phenoxy) is 2. The fraction of sp³-hybridized carbons (Fsp3) is 0.286. The van der Waals surface area contributed by atoms with E-state index in [-0.39, 0.29) is 40.9 Å². The van der Waals surface area contributed by atoms with Crippen molar-refractivity contribution in [1.29, 1.82) is 0 Å². The lowest BCUT2D eigenvalue weighted by Gasteiger charge is -2.26. The van der Waals surface area contributed by atoms with Crippen molar-refractivity contribution in [1.82, 2.24) is 10.6 Å². The first-order valence-corrected chi connectivity index (χ1v) is 11.9. The summed E-state index contributed by atoms with van der Waals surface area (Å²) in [5.74, 6) is -0.0229.